The van der Waals surface area contributed by atoms with Crippen LogP contribution < -0.4 is 4.74 Å². The van der Waals surface area contributed by atoms with E-state index in [1.54, 1.807) is 26.2 Å². The molecule has 0 fully saturated rings. The first-order valence-corrected chi connectivity index (χ1v) is 6.78. The van der Waals surface area contributed by atoms with Crippen LogP contribution in [0.5, 0.6) is 5.75 Å². The Kier molecular flexibility index (Phi) is 7.74. The predicted octanol–water partition coefficient (Wildman–Crippen LogP) is 1.68. The summed E-state index contributed by atoms with van der Waals surface area (Å²) >= 11 is 0. The Morgan fingerprint density at radius 1 is 1.24 bits per heavy atom. The van der Waals surface area contributed by atoms with Gasteiger partial charge in [0.05, 0.1) is 25.0 Å². The van der Waals surface area contributed by atoms with E-state index in [0.717, 1.165) is 0 Å². The Balaban J connectivity index is 2.48. The number of hydrogen-bond acceptors (Lipinski definition) is 6. The number of rotatable bonds is 9. The molecule has 0 radical (unpaired) electrons. The van der Waals surface area contributed by atoms with E-state index in [1.165, 1.54) is 0 Å². The molecule has 1 aromatic rings. The predicted molar refractivity (Wildman–Crippen MR) is 79.2 cm³/mol. The van der Waals surface area contributed by atoms with Gasteiger partial charge >= 0.3 is 0 Å². The maximum Gasteiger partial charge on any atom is 0.128 e. The van der Waals surface area contributed by atoms with E-state index >= 15 is 0 Å². The summed E-state index contributed by atoms with van der Waals surface area (Å²) in [6, 6.07) is 7.18. The zero-order chi connectivity index (χ0) is 15.7. The van der Waals surface area contributed by atoms with Crippen molar-refractivity contribution in [2.75, 3.05) is 26.9 Å². The molecule has 6 nitrogen and oxygen atoms in total. The van der Waals surface area contributed by atoms with Crippen LogP contribution in [0.15, 0.2) is 29.4 Å². The van der Waals surface area contributed by atoms with Gasteiger partial charge in [0, 0.05) is 12.7 Å². The van der Waals surface area contributed by atoms with Crippen molar-refractivity contribution in [3.63, 3.8) is 0 Å². The van der Waals surface area contributed by atoms with E-state index in [4.69, 9.17) is 19.4 Å². The van der Waals surface area contributed by atoms with Gasteiger partial charge in [-0.25, -0.2) is 0 Å². The Hall–Kier alpha value is -1.63. The number of benzene rings is 1. The summed E-state index contributed by atoms with van der Waals surface area (Å²) in [5.41, 5.74) is 1.13. The first kappa shape index (κ1) is 17.4. The molecule has 2 unspecified atom stereocenters. The van der Waals surface area contributed by atoms with Gasteiger partial charge in [-0.15, -0.1) is 0 Å². The van der Waals surface area contributed by atoms with Gasteiger partial charge in [0.15, 0.2) is 0 Å². The maximum atomic E-state index is 9.84. The third-order valence-electron chi connectivity index (χ3n) is 2.83. The lowest BCUT2D eigenvalue weighted by atomic mass is 10.1. The van der Waals surface area contributed by atoms with Crippen LogP contribution in [0.3, 0.4) is 0 Å². The van der Waals surface area contributed by atoms with Crippen molar-refractivity contribution >= 4 is 5.71 Å². The second kappa shape index (κ2) is 9.33. The Morgan fingerprint density at radius 3 is 2.62 bits per heavy atom. The number of hydrogen-bond donors (Lipinski definition) is 2. The molecule has 0 heterocycles. The van der Waals surface area contributed by atoms with E-state index in [-0.39, 0.29) is 19.3 Å². The quantitative estimate of drug-likeness (QED) is 0.412. The van der Waals surface area contributed by atoms with Gasteiger partial charge < -0.3 is 24.5 Å². The number of ether oxygens (including phenoxy) is 3. The lowest BCUT2D eigenvalue weighted by molar-refractivity contribution is -0.0423. The summed E-state index contributed by atoms with van der Waals surface area (Å²) in [6.07, 6.45) is -0.829. The topological polar surface area (TPSA) is 80.5 Å². The summed E-state index contributed by atoms with van der Waals surface area (Å²) in [5, 5.41) is 21.8. The van der Waals surface area contributed by atoms with Crippen LogP contribution in [-0.4, -0.2) is 55.2 Å². The third kappa shape index (κ3) is 6.12. The summed E-state index contributed by atoms with van der Waals surface area (Å²) in [6.45, 7) is 4.28. The molecule has 0 aliphatic carbocycles. The van der Waals surface area contributed by atoms with Crippen LogP contribution >= 0.6 is 0 Å². The molecule has 2 N–H and O–H groups in total. The highest BCUT2D eigenvalue weighted by Crippen LogP contribution is 2.19. The van der Waals surface area contributed by atoms with Gasteiger partial charge in [-0.05, 0) is 26.0 Å². The molecule has 6 heteroatoms. The zero-order valence-corrected chi connectivity index (χ0v) is 12.7. The van der Waals surface area contributed by atoms with Crippen LogP contribution in [0.25, 0.3) is 0 Å². The smallest absolute Gasteiger partial charge is 0.128 e. The molecule has 1 rings (SSSR count). The number of para-hydroxylation sites is 1. The van der Waals surface area contributed by atoms with Crippen LogP contribution in [0.4, 0.5) is 0 Å². The highest BCUT2D eigenvalue weighted by Gasteiger charge is 2.11. The molecule has 0 aromatic heterocycles. The summed E-state index contributed by atoms with van der Waals surface area (Å²) in [4.78, 5) is 0. The van der Waals surface area contributed by atoms with E-state index in [2.05, 4.69) is 5.16 Å². The minimum absolute atomic E-state index is 0.0827. The Labute approximate surface area is 124 Å². The van der Waals surface area contributed by atoms with Gasteiger partial charge in [0.2, 0.25) is 0 Å². The van der Waals surface area contributed by atoms with Crippen molar-refractivity contribution in [2.24, 2.45) is 5.16 Å². The average molecular weight is 297 g/mol. The molecule has 0 spiro atoms. The molecule has 0 saturated heterocycles. The monoisotopic (exact) mass is 297 g/mol. The van der Waals surface area contributed by atoms with Gasteiger partial charge in [-0.2, -0.15) is 0 Å². The van der Waals surface area contributed by atoms with E-state index in [0.29, 0.717) is 23.6 Å². The molecule has 0 aliphatic heterocycles. The largest absolute Gasteiger partial charge is 0.490 e. The normalized spacial score (nSPS) is 14.8. The lowest BCUT2D eigenvalue weighted by Crippen LogP contribution is -2.27. The van der Waals surface area contributed by atoms with Gasteiger partial charge in [0.1, 0.15) is 18.5 Å². The molecular weight excluding hydrogens is 274 g/mol. The minimum Gasteiger partial charge on any atom is -0.490 e. The Bertz CT molecular complexity index is 449. The fraction of sp³-hybridized carbons (Fsp3) is 0.533. The molecular formula is C15H23NO5. The van der Waals surface area contributed by atoms with Crippen LogP contribution in [0.2, 0.25) is 0 Å². The van der Waals surface area contributed by atoms with Crippen molar-refractivity contribution in [3.05, 3.63) is 29.8 Å². The third-order valence-corrected chi connectivity index (χ3v) is 2.83. The molecule has 0 amide bonds. The second-order valence-corrected chi connectivity index (χ2v) is 4.75. The van der Waals surface area contributed by atoms with Crippen LogP contribution in [0, 0.1) is 0 Å². The molecule has 118 valence electrons. The van der Waals surface area contributed by atoms with E-state index < -0.39 is 6.10 Å². The summed E-state index contributed by atoms with van der Waals surface area (Å²) in [7, 11) is 1.60. The summed E-state index contributed by atoms with van der Waals surface area (Å²) in [5.74, 6) is 0.553. The molecule has 0 saturated carbocycles. The van der Waals surface area contributed by atoms with Crippen molar-refractivity contribution < 1.29 is 24.5 Å². The number of aliphatic hydroxyl groups excluding tert-OH is 1. The molecule has 0 aliphatic rings. The van der Waals surface area contributed by atoms with Gasteiger partial charge in [0.25, 0.3) is 0 Å². The molecule has 0 bridgehead atoms. The van der Waals surface area contributed by atoms with Crippen molar-refractivity contribution in [2.45, 2.75) is 26.1 Å². The molecule has 21 heavy (non-hydrogen) atoms. The van der Waals surface area contributed by atoms with Gasteiger partial charge in [-0.3, -0.25) is 0 Å². The number of aliphatic hydroxyl groups is 1. The fourth-order valence-electron chi connectivity index (χ4n) is 1.74. The highest BCUT2D eigenvalue weighted by atomic mass is 16.5. The van der Waals surface area contributed by atoms with Crippen molar-refractivity contribution in [1.29, 1.82) is 0 Å². The second-order valence-electron chi connectivity index (χ2n) is 4.75. The van der Waals surface area contributed by atoms with Crippen LogP contribution in [-0.2, 0) is 9.47 Å². The van der Waals surface area contributed by atoms with E-state index in [9.17, 15) is 5.11 Å². The minimum atomic E-state index is -0.747. The summed E-state index contributed by atoms with van der Waals surface area (Å²) < 4.78 is 15.9. The van der Waals surface area contributed by atoms with E-state index in [1.807, 2.05) is 19.1 Å². The van der Waals surface area contributed by atoms with Crippen molar-refractivity contribution in [3.8, 4) is 5.75 Å². The van der Waals surface area contributed by atoms with Gasteiger partial charge in [-0.1, -0.05) is 17.3 Å². The SMILES string of the molecule is COCC(C)OCC(O)COc1ccccc1/C(C)=N/O. The first-order chi connectivity index (χ1) is 10.1. The molecule has 2 atom stereocenters. The zero-order valence-electron chi connectivity index (χ0n) is 12.7. The average Bonchev–Trinajstić information content (AvgIpc) is 2.50. The lowest BCUT2D eigenvalue weighted by Gasteiger charge is -2.17. The fourth-order valence-corrected chi connectivity index (χ4v) is 1.74. The number of oxime groups is 1. The highest BCUT2D eigenvalue weighted by molar-refractivity contribution is 6.00. The first-order valence-electron chi connectivity index (χ1n) is 6.78. The van der Waals surface area contributed by atoms with Crippen molar-refractivity contribution in [1.82, 2.24) is 0 Å². The number of methoxy groups -OCH3 is 1. The number of nitrogens with zero attached hydrogens (tertiary/aromatic N) is 1. The Morgan fingerprint density at radius 2 is 1.95 bits per heavy atom. The molecule has 1 aromatic carbocycles. The maximum absolute atomic E-state index is 9.84. The standard InChI is InChI=1S/C15H23NO5/c1-11(8-19-3)20-9-13(17)10-21-15-7-5-4-6-14(15)12(2)16-18/h4-7,11,13,17-18H,8-10H2,1-3H3/b16-12+. The van der Waals surface area contributed by atoms with Crippen LogP contribution in [0.1, 0.15) is 19.4 Å².